The maximum Gasteiger partial charge on any atom is 0.433 e. The van der Waals surface area contributed by atoms with Crippen LogP contribution in [0.15, 0.2) is 34.7 Å². The van der Waals surface area contributed by atoms with E-state index in [0.29, 0.717) is 23.5 Å². The van der Waals surface area contributed by atoms with Crippen LogP contribution in [0.25, 0.3) is 0 Å². The summed E-state index contributed by atoms with van der Waals surface area (Å²) in [5.74, 6) is -0.908. The topological polar surface area (TPSA) is 147 Å². The van der Waals surface area contributed by atoms with Crippen molar-refractivity contribution < 1.29 is 28.4 Å². The average molecular weight is 429 g/mol. The second-order valence-electron chi connectivity index (χ2n) is 6.43. The largest absolute Gasteiger partial charge is 0.454 e. The highest BCUT2D eigenvalue weighted by molar-refractivity contribution is 7.17. The lowest BCUT2D eigenvalue weighted by molar-refractivity contribution is -0.402. The summed E-state index contributed by atoms with van der Waals surface area (Å²) in [6, 6.07) is 7.81. The first-order valence-electron chi connectivity index (χ1n) is 8.69. The van der Waals surface area contributed by atoms with Crippen LogP contribution in [0, 0.1) is 17.0 Å². The number of hydrogen-bond donors (Lipinski definition) is 2. The van der Waals surface area contributed by atoms with Crippen LogP contribution >= 0.6 is 11.3 Å². The minimum atomic E-state index is -0.746. The number of thiophene rings is 1. The standard InChI is InChI=1S/C19H15N3O7S/c1-9-14(7-10-2-3-11-13(6-10)28-8-27-11)30-19(16(9)17(20)23)21-18(24)12-4-5-15(29-12)22(25)26/h2-6H,7-8H2,1H3,(H2,20,23)(H,21,24). The molecule has 10 nitrogen and oxygen atoms in total. The second kappa shape index (κ2) is 7.52. The monoisotopic (exact) mass is 429 g/mol. The lowest BCUT2D eigenvalue weighted by Crippen LogP contribution is -2.17. The lowest BCUT2D eigenvalue weighted by Gasteiger charge is -2.03. The number of nitrogens with one attached hydrogen (secondary N) is 1. The molecule has 0 bridgehead atoms. The summed E-state index contributed by atoms with van der Waals surface area (Å²) in [7, 11) is 0. The van der Waals surface area contributed by atoms with E-state index in [0.717, 1.165) is 16.5 Å². The number of benzene rings is 1. The Morgan fingerprint density at radius 2 is 2.00 bits per heavy atom. The van der Waals surface area contributed by atoms with Gasteiger partial charge in [-0.05, 0) is 36.2 Å². The van der Waals surface area contributed by atoms with Crippen LogP contribution in [-0.4, -0.2) is 23.5 Å². The molecule has 3 heterocycles. The van der Waals surface area contributed by atoms with Gasteiger partial charge in [-0.3, -0.25) is 19.7 Å². The van der Waals surface area contributed by atoms with Crippen molar-refractivity contribution in [2.75, 3.05) is 12.1 Å². The Hall–Kier alpha value is -3.86. The maximum absolute atomic E-state index is 12.4. The van der Waals surface area contributed by atoms with Gasteiger partial charge in [-0.2, -0.15) is 0 Å². The van der Waals surface area contributed by atoms with Crippen LogP contribution in [0.5, 0.6) is 11.5 Å². The molecule has 0 saturated carbocycles. The third-order valence-electron chi connectivity index (χ3n) is 4.52. The van der Waals surface area contributed by atoms with Gasteiger partial charge in [0.15, 0.2) is 17.3 Å². The molecule has 0 radical (unpaired) electrons. The summed E-state index contributed by atoms with van der Waals surface area (Å²) in [5.41, 5.74) is 7.28. The van der Waals surface area contributed by atoms with E-state index in [1.165, 1.54) is 17.4 Å². The van der Waals surface area contributed by atoms with Gasteiger partial charge in [-0.15, -0.1) is 11.3 Å². The first-order chi connectivity index (χ1) is 14.3. The summed E-state index contributed by atoms with van der Waals surface area (Å²) >= 11 is 1.20. The van der Waals surface area contributed by atoms with Crippen molar-refractivity contribution in [2.24, 2.45) is 5.73 Å². The SMILES string of the molecule is Cc1c(Cc2ccc3c(c2)OCO3)sc(NC(=O)c2ccc([N+](=O)[O-])o2)c1C(N)=O. The van der Waals surface area contributed by atoms with Gasteiger partial charge in [0.25, 0.3) is 11.8 Å². The van der Waals surface area contributed by atoms with Crippen LogP contribution in [0.1, 0.15) is 36.9 Å². The molecule has 4 rings (SSSR count). The van der Waals surface area contributed by atoms with E-state index in [1.54, 1.807) is 6.92 Å². The van der Waals surface area contributed by atoms with Gasteiger partial charge in [0.05, 0.1) is 11.6 Å². The van der Waals surface area contributed by atoms with Gasteiger partial charge in [-0.1, -0.05) is 6.07 Å². The number of carbonyl (C=O) groups is 2. The van der Waals surface area contributed by atoms with Crippen molar-refractivity contribution in [1.82, 2.24) is 0 Å². The highest BCUT2D eigenvalue weighted by Crippen LogP contribution is 2.37. The number of carbonyl (C=O) groups excluding carboxylic acids is 2. The number of rotatable bonds is 6. The van der Waals surface area contributed by atoms with Crippen LogP contribution in [0.2, 0.25) is 0 Å². The lowest BCUT2D eigenvalue weighted by atomic mass is 10.1. The van der Waals surface area contributed by atoms with E-state index in [9.17, 15) is 19.7 Å². The molecular weight excluding hydrogens is 414 g/mol. The van der Waals surface area contributed by atoms with E-state index >= 15 is 0 Å². The zero-order valence-electron chi connectivity index (χ0n) is 15.6. The molecule has 0 atom stereocenters. The molecule has 0 unspecified atom stereocenters. The number of nitrogens with zero attached hydrogens (tertiary/aromatic N) is 1. The molecule has 0 saturated heterocycles. The molecule has 2 aromatic heterocycles. The van der Waals surface area contributed by atoms with Gasteiger partial charge < -0.3 is 24.9 Å². The van der Waals surface area contributed by atoms with E-state index in [1.807, 2.05) is 18.2 Å². The molecule has 11 heteroatoms. The average Bonchev–Trinajstić information content (AvgIpc) is 3.41. The minimum absolute atomic E-state index is 0.170. The van der Waals surface area contributed by atoms with E-state index in [4.69, 9.17) is 19.6 Å². The zero-order chi connectivity index (χ0) is 21.4. The van der Waals surface area contributed by atoms with Gasteiger partial charge in [0.2, 0.25) is 6.79 Å². The minimum Gasteiger partial charge on any atom is -0.454 e. The molecular formula is C19H15N3O7S. The number of hydrogen-bond acceptors (Lipinski definition) is 8. The van der Waals surface area contributed by atoms with Gasteiger partial charge in [-0.25, -0.2) is 0 Å². The first-order valence-corrected chi connectivity index (χ1v) is 9.51. The predicted octanol–water partition coefficient (Wildman–Crippen LogP) is 3.23. The number of amides is 2. The summed E-state index contributed by atoms with van der Waals surface area (Å²) in [4.78, 5) is 35.2. The Balaban J connectivity index is 1.61. The van der Waals surface area contributed by atoms with Crippen LogP contribution < -0.4 is 20.5 Å². The quantitative estimate of drug-likeness (QED) is 0.451. The third-order valence-corrected chi connectivity index (χ3v) is 5.72. The van der Waals surface area contributed by atoms with Gasteiger partial charge in [0, 0.05) is 11.3 Å². The van der Waals surface area contributed by atoms with Crippen molar-refractivity contribution >= 4 is 34.0 Å². The Bertz CT molecular complexity index is 1180. The molecule has 1 aromatic carbocycles. The number of primary amides is 1. The van der Waals surface area contributed by atoms with Crippen molar-refractivity contribution in [3.05, 3.63) is 67.8 Å². The molecule has 2 amide bonds. The van der Waals surface area contributed by atoms with Crippen molar-refractivity contribution in [1.29, 1.82) is 0 Å². The molecule has 0 aliphatic carbocycles. The Morgan fingerprint density at radius 1 is 1.23 bits per heavy atom. The van der Waals surface area contributed by atoms with E-state index in [-0.39, 0.29) is 23.1 Å². The smallest absolute Gasteiger partial charge is 0.433 e. The third kappa shape index (κ3) is 3.57. The van der Waals surface area contributed by atoms with Gasteiger partial charge >= 0.3 is 5.88 Å². The summed E-state index contributed by atoms with van der Waals surface area (Å²) in [6.45, 7) is 1.91. The first kappa shape index (κ1) is 19.5. The molecule has 3 N–H and O–H groups in total. The molecule has 1 aliphatic heterocycles. The maximum atomic E-state index is 12.4. The Kier molecular flexibility index (Phi) is 4.88. The fraction of sp³-hybridized carbons (Fsp3) is 0.158. The number of anilines is 1. The zero-order valence-corrected chi connectivity index (χ0v) is 16.4. The molecule has 3 aromatic rings. The normalized spacial score (nSPS) is 12.0. The number of fused-ring (bicyclic) bond motifs is 1. The predicted molar refractivity (Wildman–Crippen MR) is 106 cm³/mol. The number of nitrogens with two attached hydrogens (primary N) is 1. The summed E-state index contributed by atoms with van der Waals surface area (Å²) in [6.07, 6.45) is 0.482. The fourth-order valence-electron chi connectivity index (χ4n) is 3.06. The number of furan rings is 1. The van der Waals surface area contributed by atoms with Gasteiger partial charge in [0.1, 0.15) is 9.92 Å². The molecule has 1 aliphatic rings. The molecule has 30 heavy (non-hydrogen) atoms. The Morgan fingerprint density at radius 3 is 2.70 bits per heavy atom. The van der Waals surface area contributed by atoms with Crippen LogP contribution in [0.4, 0.5) is 10.9 Å². The van der Waals surface area contributed by atoms with Crippen molar-refractivity contribution in [3.63, 3.8) is 0 Å². The van der Waals surface area contributed by atoms with Crippen molar-refractivity contribution in [3.8, 4) is 11.5 Å². The fourth-order valence-corrected chi connectivity index (χ4v) is 4.30. The second-order valence-corrected chi connectivity index (χ2v) is 7.54. The number of nitro groups is 1. The van der Waals surface area contributed by atoms with Crippen molar-refractivity contribution in [2.45, 2.75) is 13.3 Å². The Labute approximate surface area is 173 Å². The molecule has 0 fully saturated rings. The summed E-state index contributed by atoms with van der Waals surface area (Å²) < 4.78 is 15.6. The number of ether oxygens (including phenoxy) is 2. The van der Waals surface area contributed by atoms with Crippen LogP contribution in [-0.2, 0) is 6.42 Å². The molecule has 154 valence electrons. The van der Waals surface area contributed by atoms with Crippen LogP contribution in [0.3, 0.4) is 0 Å². The van der Waals surface area contributed by atoms with E-state index < -0.39 is 22.6 Å². The summed E-state index contributed by atoms with van der Waals surface area (Å²) in [5, 5.41) is 13.6. The molecule has 0 spiro atoms. The highest BCUT2D eigenvalue weighted by atomic mass is 32.1. The highest BCUT2D eigenvalue weighted by Gasteiger charge is 2.24. The van der Waals surface area contributed by atoms with E-state index in [2.05, 4.69) is 5.32 Å².